The van der Waals surface area contributed by atoms with Crippen LogP contribution < -0.4 is 4.90 Å². The van der Waals surface area contributed by atoms with Crippen molar-refractivity contribution in [3.8, 4) is 0 Å². The Balaban J connectivity index is 2.00. The number of rotatable bonds is 5. The number of esters is 1. The van der Waals surface area contributed by atoms with Crippen molar-refractivity contribution in [2.24, 2.45) is 4.99 Å². The number of benzene rings is 2. The van der Waals surface area contributed by atoms with Crippen LogP contribution in [-0.2, 0) is 9.53 Å². The molecule has 29 heavy (non-hydrogen) atoms. The minimum Gasteiger partial charge on any atom is -0.506 e. The van der Waals surface area contributed by atoms with Gasteiger partial charge in [-0.2, -0.15) is 0 Å². The average molecular weight is 429 g/mol. The molecule has 3 rings (SSSR count). The molecule has 0 radical (unpaired) electrons. The molecule has 1 aliphatic rings. The zero-order valence-corrected chi connectivity index (χ0v) is 17.9. The first kappa shape index (κ1) is 21.0. The third kappa shape index (κ3) is 5.02. The Bertz CT molecular complexity index is 1010. The van der Waals surface area contributed by atoms with Gasteiger partial charge in [0.25, 0.3) is 0 Å². The number of carbonyl (C=O) groups is 1. The number of hydrogen-bond acceptors (Lipinski definition) is 6. The van der Waals surface area contributed by atoms with Gasteiger partial charge < -0.3 is 14.7 Å². The third-order valence-electron chi connectivity index (χ3n) is 4.12. The summed E-state index contributed by atoms with van der Waals surface area (Å²) in [6.45, 7) is 1.92. The van der Waals surface area contributed by atoms with Gasteiger partial charge in [0.1, 0.15) is 16.4 Å². The van der Waals surface area contributed by atoms with E-state index < -0.39 is 5.97 Å². The van der Waals surface area contributed by atoms with E-state index in [0.29, 0.717) is 20.7 Å². The molecule has 0 fully saturated rings. The topological polar surface area (TPSA) is 62.1 Å². The maximum atomic E-state index is 12.4. The number of hydrogen-bond donors (Lipinski definition) is 1. The molecule has 0 bridgehead atoms. The third-order valence-corrected chi connectivity index (χ3v) is 5.37. The van der Waals surface area contributed by atoms with Crippen molar-refractivity contribution in [2.45, 2.75) is 6.92 Å². The summed E-state index contributed by atoms with van der Waals surface area (Å²) in [6, 6.07) is 14.9. The number of carbonyl (C=O) groups excluding carboxylic acids is 1. The summed E-state index contributed by atoms with van der Waals surface area (Å²) in [5.74, 6) is -0.740. The normalized spacial score (nSPS) is 16.6. The van der Waals surface area contributed by atoms with Crippen LogP contribution in [0.1, 0.15) is 12.5 Å². The van der Waals surface area contributed by atoms with Crippen molar-refractivity contribution >= 4 is 51.8 Å². The van der Waals surface area contributed by atoms with Crippen LogP contribution in [0, 0.1) is 0 Å². The van der Waals surface area contributed by atoms with Crippen LogP contribution in [0.3, 0.4) is 0 Å². The summed E-state index contributed by atoms with van der Waals surface area (Å²) >= 11 is 7.25. The Hall–Kier alpha value is -2.70. The van der Waals surface area contributed by atoms with E-state index in [9.17, 15) is 9.90 Å². The van der Waals surface area contributed by atoms with Crippen molar-refractivity contribution in [2.75, 3.05) is 25.6 Å². The lowest BCUT2D eigenvalue weighted by Crippen LogP contribution is -2.12. The second kappa shape index (κ2) is 9.20. The van der Waals surface area contributed by atoms with Crippen molar-refractivity contribution in [1.82, 2.24) is 0 Å². The number of aliphatic hydroxyl groups excluding tert-OH is 1. The van der Waals surface area contributed by atoms with Gasteiger partial charge in [0.2, 0.25) is 0 Å². The first-order valence-corrected chi connectivity index (χ1v) is 10.2. The Morgan fingerprint density at radius 1 is 1.24 bits per heavy atom. The largest absolute Gasteiger partial charge is 0.506 e. The molecule has 1 N–H and O–H groups in total. The lowest BCUT2D eigenvalue weighted by molar-refractivity contribution is -0.138. The van der Waals surface area contributed by atoms with Crippen molar-refractivity contribution < 1.29 is 14.6 Å². The Morgan fingerprint density at radius 3 is 2.59 bits per heavy atom. The van der Waals surface area contributed by atoms with Gasteiger partial charge >= 0.3 is 5.97 Å². The summed E-state index contributed by atoms with van der Waals surface area (Å²) in [4.78, 5) is 19.5. The van der Waals surface area contributed by atoms with Gasteiger partial charge in [-0.1, -0.05) is 41.6 Å². The first-order valence-electron chi connectivity index (χ1n) is 9.01. The average Bonchev–Trinajstić information content (AvgIpc) is 2.97. The van der Waals surface area contributed by atoms with E-state index in [1.807, 2.05) is 49.3 Å². The van der Waals surface area contributed by atoms with Crippen LogP contribution in [-0.4, -0.2) is 36.8 Å². The van der Waals surface area contributed by atoms with Crippen LogP contribution in [0.15, 0.2) is 69.8 Å². The zero-order valence-electron chi connectivity index (χ0n) is 16.3. The standard InChI is InChI=1S/C22H21ClN2O3S/c1-4-28-22(27)19-20(26)18(12-14-8-10-17(11-9-14)25(2)3)29-21(19)24-16-7-5-6-15(23)13-16/h5-13,26H,4H2,1-3H3/b18-12-,24-21?. The van der Waals surface area contributed by atoms with E-state index in [1.54, 1.807) is 31.2 Å². The predicted molar refractivity (Wildman–Crippen MR) is 121 cm³/mol. The van der Waals surface area contributed by atoms with E-state index >= 15 is 0 Å². The van der Waals surface area contributed by atoms with Gasteiger partial charge in [0.05, 0.1) is 17.2 Å². The summed E-state index contributed by atoms with van der Waals surface area (Å²) < 4.78 is 5.12. The number of aliphatic imine (C=N–C) groups is 1. The predicted octanol–water partition coefficient (Wildman–Crippen LogP) is 5.60. The molecule has 5 nitrogen and oxygen atoms in total. The second-order valence-electron chi connectivity index (χ2n) is 6.44. The number of nitrogens with zero attached hydrogens (tertiary/aromatic N) is 2. The molecular weight excluding hydrogens is 408 g/mol. The second-order valence-corrected chi connectivity index (χ2v) is 7.90. The molecule has 1 heterocycles. The molecule has 0 aliphatic carbocycles. The summed E-state index contributed by atoms with van der Waals surface area (Å²) in [5, 5.41) is 11.6. The van der Waals surface area contributed by atoms with Crippen LogP contribution in [0.5, 0.6) is 0 Å². The SMILES string of the molecule is CCOC(=O)C1=C(O)/C(=C/c2ccc(N(C)C)cc2)SC1=Nc1cccc(Cl)c1. The van der Waals surface area contributed by atoms with E-state index in [1.165, 1.54) is 11.8 Å². The molecule has 0 saturated heterocycles. The van der Waals surface area contributed by atoms with Crippen LogP contribution >= 0.6 is 23.4 Å². The van der Waals surface area contributed by atoms with Gasteiger partial charge in [-0.15, -0.1) is 0 Å². The molecule has 150 valence electrons. The molecular formula is C22H21ClN2O3S. The van der Waals surface area contributed by atoms with Gasteiger partial charge in [-0.3, -0.25) is 0 Å². The number of thioether (sulfide) groups is 1. The van der Waals surface area contributed by atoms with E-state index in [0.717, 1.165) is 11.3 Å². The number of ether oxygens (including phenoxy) is 1. The van der Waals surface area contributed by atoms with Gasteiger partial charge in [0, 0.05) is 24.8 Å². The van der Waals surface area contributed by atoms with Crippen LogP contribution in [0.4, 0.5) is 11.4 Å². The number of aliphatic hydroxyl groups is 1. The molecule has 2 aromatic carbocycles. The lowest BCUT2D eigenvalue weighted by atomic mass is 10.1. The molecule has 0 aromatic heterocycles. The highest BCUT2D eigenvalue weighted by atomic mass is 35.5. The minimum absolute atomic E-state index is 0.0630. The lowest BCUT2D eigenvalue weighted by Gasteiger charge is -2.11. The zero-order chi connectivity index (χ0) is 21.0. The fraction of sp³-hybridized carbons (Fsp3) is 0.182. The van der Waals surface area contributed by atoms with E-state index in [4.69, 9.17) is 16.3 Å². The molecule has 0 unspecified atom stereocenters. The molecule has 0 atom stereocenters. The molecule has 7 heteroatoms. The van der Waals surface area contributed by atoms with Gasteiger partial charge in [-0.05, 0) is 48.9 Å². The molecule has 0 amide bonds. The Kier molecular flexibility index (Phi) is 6.67. The number of halogens is 1. The quantitative estimate of drug-likeness (QED) is 0.628. The van der Waals surface area contributed by atoms with Crippen molar-refractivity contribution in [3.63, 3.8) is 0 Å². The Labute approximate surface area is 179 Å². The molecule has 2 aromatic rings. The highest BCUT2D eigenvalue weighted by Crippen LogP contribution is 2.40. The van der Waals surface area contributed by atoms with Gasteiger partial charge in [-0.25, -0.2) is 9.79 Å². The maximum absolute atomic E-state index is 12.4. The maximum Gasteiger partial charge on any atom is 0.344 e. The van der Waals surface area contributed by atoms with Crippen LogP contribution in [0.2, 0.25) is 5.02 Å². The first-order chi connectivity index (χ1) is 13.9. The highest BCUT2D eigenvalue weighted by molar-refractivity contribution is 8.18. The fourth-order valence-electron chi connectivity index (χ4n) is 2.67. The summed E-state index contributed by atoms with van der Waals surface area (Å²) in [6.07, 6.45) is 1.82. The summed E-state index contributed by atoms with van der Waals surface area (Å²) in [5.41, 5.74) is 2.62. The monoisotopic (exact) mass is 428 g/mol. The minimum atomic E-state index is -0.607. The molecule has 0 spiro atoms. The van der Waals surface area contributed by atoms with Crippen LogP contribution in [0.25, 0.3) is 6.08 Å². The van der Waals surface area contributed by atoms with E-state index in [-0.39, 0.29) is 17.9 Å². The Morgan fingerprint density at radius 2 is 1.97 bits per heavy atom. The highest BCUT2D eigenvalue weighted by Gasteiger charge is 2.33. The summed E-state index contributed by atoms with van der Waals surface area (Å²) in [7, 11) is 3.94. The van der Waals surface area contributed by atoms with Crippen molar-refractivity contribution in [1.29, 1.82) is 0 Å². The smallest absolute Gasteiger partial charge is 0.344 e. The molecule has 1 aliphatic heterocycles. The fourth-order valence-corrected chi connectivity index (χ4v) is 3.89. The number of anilines is 1. The van der Waals surface area contributed by atoms with E-state index in [2.05, 4.69) is 4.99 Å². The molecule has 0 saturated carbocycles. The van der Waals surface area contributed by atoms with Crippen molar-refractivity contribution in [3.05, 3.63) is 75.4 Å². The van der Waals surface area contributed by atoms with Gasteiger partial charge in [0.15, 0.2) is 0 Å².